The molecule has 3 rings (SSSR count). The Labute approximate surface area is 177 Å². The summed E-state index contributed by atoms with van der Waals surface area (Å²) < 4.78 is 55.3. The van der Waals surface area contributed by atoms with Gasteiger partial charge in [0.05, 0.1) is 15.6 Å². The van der Waals surface area contributed by atoms with Gasteiger partial charge in [-0.3, -0.25) is 10.1 Å². The van der Waals surface area contributed by atoms with E-state index >= 15 is 0 Å². The van der Waals surface area contributed by atoms with Gasteiger partial charge in [0.2, 0.25) is 20.0 Å². The smallest absolute Gasteiger partial charge is 0.258 e. The minimum Gasteiger partial charge on any atom is -0.258 e. The molecule has 2 aliphatic rings. The van der Waals surface area contributed by atoms with Crippen LogP contribution in [0.5, 0.6) is 0 Å². The highest BCUT2D eigenvalue weighted by Gasteiger charge is 2.36. The Bertz CT molecular complexity index is 999. The van der Waals surface area contributed by atoms with Crippen LogP contribution in [0.1, 0.15) is 39.0 Å². The molecule has 1 aliphatic carbocycles. The fourth-order valence-electron chi connectivity index (χ4n) is 4.09. The summed E-state index contributed by atoms with van der Waals surface area (Å²) in [4.78, 5) is 10.1. The van der Waals surface area contributed by atoms with E-state index < -0.39 is 31.0 Å². The number of sulfonamides is 2. The van der Waals surface area contributed by atoms with Gasteiger partial charge in [-0.05, 0) is 31.9 Å². The van der Waals surface area contributed by atoms with Crippen molar-refractivity contribution in [2.45, 2.75) is 56.0 Å². The molecule has 1 atom stereocenters. The number of hydrogen-bond donors (Lipinski definition) is 0. The number of hydrogen-bond acceptors (Lipinski definition) is 6. The lowest BCUT2D eigenvalue weighted by Gasteiger charge is -2.34. The summed E-state index contributed by atoms with van der Waals surface area (Å²) in [5.74, 6) is -0.308. The van der Waals surface area contributed by atoms with Crippen molar-refractivity contribution in [2.24, 2.45) is 0 Å². The van der Waals surface area contributed by atoms with Crippen molar-refractivity contribution < 1.29 is 21.8 Å². The minimum atomic E-state index is -4.03. The van der Waals surface area contributed by atoms with Gasteiger partial charge >= 0.3 is 0 Å². The molecular weight excluding hydrogens is 430 g/mol. The zero-order chi connectivity index (χ0) is 21.9. The first-order valence-corrected chi connectivity index (χ1v) is 13.1. The first-order chi connectivity index (χ1) is 14.1. The standard InChI is InChI=1S/C19H27N3O6S2/c1-16-15-29(25,26)21(17-7-3-2-4-8-17)14-6-5-13-20(16)30(27,28)19-11-9-18(10-12-19)22(23)24/h5-6,9-12,16-17H,2-4,7-8,13-15H2,1H3/b6-5-/t16-/m0/s1. The van der Waals surface area contributed by atoms with Crippen LogP contribution in [-0.4, -0.2) is 61.3 Å². The normalized spacial score (nSPS) is 25.7. The molecule has 0 N–H and O–H groups in total. The predicted octanol–water partition coefficient (Wildman–Crippen LogP) is 2.51. The van der Waals surface area contributed by atoms with Gasteiger partial charge in [-0.15, -0.1) is 0 Å². The van der Waals surface area contributed by atoms with Crippen molar-refractivity contribution in [3.8, 4) is 0 Å². The lowest BCUT2D eigenvalue weighted by Crippen LogP contribution is -2.47. The van der Waals surface area contributed by atoms with E-state index in [0.29, 0.717) is 0 Å². The average Bonchev–Trinajstić information content (AvgIpc) is 2.75. The first-order valence-electron chi connectivity index (χ1n) is 10.0. The van der Waals surface area contributed by atoms with Crippen molar-refractivity contribution in [1.29, 1.82) is 0 Å². The lowest BCUT2D eigenvalue weighted by atomic mass is 9.95. The quantitative estimate of drug-likeness (QED) is 0.389. The van der Waals surface area contributed by atoms with E-state index in [2.05, 4.69) is 0 Å². The number of rotatable bonds is 4. The van der Waals surface area contributed by atoms with Crippen LogP contribution in [0.4, 0.5) is 5.69 Å². The van der Waals surface area contributed by atoms with Gasteiger partial charge in [0.15, 0.2) is 0 Å². The average molecular weight is 458 g/mol. The SMILES string of the molecule is C[C@H]1CS(=O)(=O)N(C2CCCCC2)C/C=C\CN1S(=O)(=O)c1ccc([N+](=O)[O-])cc1. The third-order valence-corrected chi connectivity index (χ3v) is 9.73. The Morgan fingerprint density at radius 2 is 1.63 bits per heavy atom. The maximum Gasteiger partial charge on any atom is 0.269 e. The van der Waals surface area contributed by atoms with E-state index in [9.17, 15) is 26.9 Å². The van der Waals surface area contributed by atoms with Crippen LogP contribution in [0.25, 0.3) is 0 Å². The molecule has 1 aliphatic heterocycles. The third-order valence-electron chi connectivity index (χ3n) is 5.67. The molecule has 1 heterocycles. The van der Waals surface area contributed by atoms with Gasteiger partial charge in [0, 0.05) is 37.3 Å². The van der Waals surface area contributed by atoms with Gasteiger partial charge in [0.25, 0.3) is 5.69 Å². The molecule has 1 saturated carbocycles. The lowest BCUT2D eigenvalue weighted by molar-refractivity contribution is -0.384. The summed E-state index contributed by atoms with van der Waals surface area (Å²) in [7, 11) is -7.69. The Morgan fingerprint density at radius 1 is 1.03 bits per heavy atom. The molecule has 0 saturated heterocycles. The van der Waals surface area contributed by atoms with E-state index in [1.807, 2.05) is 0 Å². The second-order valence-electron chi connectivity index (χ2n) is 7.79. The molecule has 1 aromatic rings. The molecule has 0 amide bonds. The monoisotopic (exact) mass is 457 g/mol. The van der Waals surface area contributed by atoms with Crippen LogP contribution in [-0.2, 0) is 20.0 Å². The van der Waals surface area contributed by atoms with Crippen molar-refractivity contribution in [2.75, 3.05) is 18.8 Å². The largest absolute Gasteiger partial charge is 0.269 e. The molecule has 0 aromatic heterocycles. The topological polar surface area (TPSA) is 118 Å². The number of nitrogens with zero attached hydrogens (tertiary/aromatic N) is 3. The maximum absolute atomic E-state index is 13.2. The van der Waals surface area contributed by atoms with Crippen LogP contribution in [0.2, 0.25) is 0 Å². The summed E-state index contributed by atoms with van der Waals surface area (Å²) in [6, 6.07) is 3.79. The van der Waals surface area contributed by atoms with Gasteiger partial charge in [-0.25, -0.2) is 16.8 Å². The van der Waals surface area contributed by atoms with Crippen molar-refractivity contribution in [1.82, 2.24) is 8.61 Å². The maximum atomic E-state index is 13.2. The molecule has 11 heteroatoms. The highest BCUT2D eigenvalue weighted by atomic mass is 32.2. The fourth-order valence-corrected chi connectivity index (χ4v) is 7.72. The van der Waals surface area contributed by atoms with Crippen molar-refractivity contribution in [3.63, 3.8) is 0 Å². The number of non-ortho nitro benzene ring substituents is 1. The summed E-state index contributed by atoms with van der Waals surface area (Å²) in [5, 5.41) is 10.8. The summed E-state index contributed by atoms with van der Waals surface area (Å²) >= 11 is 0. The van der Waals surface area contributed by atoms with Crippen molar-refractivity contribution >= 4 is 25.7 Å². The number of nitro benzene ring substituents is 1. The van der Waals surface area contributed by atoms with Gasteiger partial charge < -0.3 is 0 Å². The predicted molar refractivity (Wildman–Crippen MR) is 113 cm³/mol. The van der Waals surface area contributed by atoms with Gasteiger partial charge in [-0.2, -0.15) is 8.61 Å². The molecule has 1 fully saturated rings. The van der Waals surface area contributed by atoms with Crippen LogP contribution in [0, 0.1) is 10.1 Å². The third kappa shape index (κ3) is 4.90. The number of benzene rings is 1. The van der Waals surface area contributed by atoms with E-state index in [1.54, 1.807) is 19.1 Å². The van der Waals surface area contributed by atoms with Crippen molar-refractivity contribution in [3.05, 3.63) is 46.5 Å². The first kappa shape index (κ1) is 22.9. The van der Waals surface area contributed by atoms with Gasteiger partial charge in [0.1, 0.15) is 0 Å². The molecule has 9 nitrogen and oxygen atoms in total. The minimum absolute atomic E-state index is 0.0362. The highest BCUT2D eigenvalue weighted by Crippen LogP contribution is 2.27. The molecule has 0 radical (unpaired) electrons. The summed E-state index contributed by atoms with van der Waals surface area (Å²) in [5.41, 5.74) is -0.211. The van der Waals surface area contributed by atoms with Crippen LogP contribution in [0.3, 0.4) is 0 Å². The highest BCUT2D eigenvalue weighted by molar-refractivity contribution is 7.90. The zero-order valence-corrected chi connectivity index (χ0v) is 18.5. The summed E-state index contributed by atoms with van der Waals surface area (Å²) in [6.45, 7) is 1.86. The van der Waals surface area contributed by atoms with Crippen LogP contribution < -0.4 is 0 Å². The van der Waals surface area contributed by atoms with E-state index in [4.69, 9.17) is 0 Å². The Morgan fingerprint density at radius 3 is 2.23 bits per heavy atom. The second kappa shape index (κ2) is 9.13. The Hall–Kier alpha value is -1.82. The van der Waals surface area contributed by atoms with E-state index in [1.165, 1.54) is 16.4 Å². The molecule has 30 heavy (non-hydrogen) atoms. The molecule has 0 unspecified atom stereocenters. The van der Waals surface area contributed by atoms with E-state index in [0.717, 1.165) is 48.5 Å². The number of nitro groups is 1. The molecular formula is C19H27N3O6S2. The molecule has 166 valence electrons. The van der Waals surface area contributed by atoms with E-state index in [-0.39, 0.29) is 35.5 Å². The van der Waals surface area contributed by atoms with Crippen LogP contribution in [0.15, 0.2) is 41.3 Å². The van der Waals surface area contributed by atoms with Crippen LogP contribution >= 0.6 is 0 Å². The second-order valence-corrected chi connectivity index (χ2v) is 11.6. The fraction of sp³-hybridized carbons (Fsp3) is 0.579. The summed E-state index contributed by atoms with van der Waals surface area (Å²) in [6.07, 6.45) is 8.14. The molecule has 0 spiro atoms. The molecule has 0 bridgehead atoms. The molecule has 1 aromatic carbocycles. The Balaban J connectivity index is 1.88. The zero-order valence-electron chi connectivity index (χ0n) is 16.9. The Kier molecular flexibility index (Phi) is 6.95. The van der Waals surface area contributed by atoms with Gasteiger partial charge in [-0.1, -0.05) is 31.4 Å².